The van der Waals surface area contributed by atoms with Crippen molar-refractivity contribution in [1.82, 2.24) is 20.2 Å². The number of nitrogens with zero attached hydrogens (tertiary/aromatic N) is 4. The van der Waals surface area contributed by atoms with Crippen LogP contribution in [0.15, 0.2) is 42.7 Å². The molecule has 2 aromatic rings. The fourth-order valence-corrected chi connectivity index (χ4v) is 2.76. The minimum Gasteiger partial charge on any atom is -0.353 e. The fourth-order valence-electron chi connectivity index (χ4n) is 2.76. The lowest BCUT2D eigenvalue weighted by Gasteiger charge is -2.35. The van der Waals surface area contributed by atoms with Gasteiger partial charge in [-0.25, -0.2) is 9.97 Å². The van der Waals surface area contributed by atoms with Crippen LogP contribution >= 0.6 is 0 Å². The van der Waals surface area contributed by atoms with Gasteiger partial charge in [0.25, 0.3) is 5.91 Å². The molecule has 130 valence electrons. The standard InChI is InChI=1S/C18H21N5O2/c1-14-11-16(21-13-20-14)22-7-9-23(10-8-22)17(24)12-19-18(25)15-5-3-2-4-6-15/h2-6,11,13H,7-10,12H2,1H3,(H,19,25). The zero-order valence-electron chi connectivity index (χ0n) is 14.2. The van der Waals surface area contributed by atoms with E-state index < -0.39 is 0 Å². The van der Waals surface area contributed by atoms with Crippen molar-refractivity contribution >= 4 is 17.6 Å². The molecular formula is C18H21N5O2. The minimum atomic E-state index is -0.232. The summed E-state index contributed by atoms with van der Waals surface area (Å²) in [6.45, 7) is 4.61. The molecule has 1 aliphatic heterocycles. The quantitative estimate of drug-likeness (QED) is 0.894. The van der Waals surface area contributed by atoms with Gasteiger partial charge in [-0.2, -0.15) is 0 Å². The van der Waals surface area contributed by atoms with E-state index >= 15 is 0 Å². The molecule has 0 aliphatic carbocycles. The third-order valence-corrected chi connectivity index (χ3v) is 4.18. The predicted molar refractivity (Wildman–Crippen MR) is 94.3 cm³/mol. The van der Waals surface area contributed by atoms with Crippen LogP contribution in [0.2, 0.25) is 0 Å². The highest BCUT2D eigenvalue weighted by Crippen LogP contribution is 2.13. The van der Waals surface area contributed by atoms with Crippen molar-refractivity contribution in [3.05, 3.63) is 54.0 Å². The summed E-state index contributed by atoms with van der Waals surface area (Å²) in [7, 11) is 0. The number of hydrogen-bond acceptors (Lipinski definition) is 5. The number of carbonyl (C=O) groups excluding carboxylic acids is 2. The molecule has 7 nitrogen and oxygen atoms in total. The van der Waals surface area contributed by atoms with Crippen molar-refractivity contribution in [3.63, 3.8) is 0 Å². The first-order chi connectivity index (χ1) is 12.1. The van der Waals surface area contributed by atoms with E-state index in [9.17, 15) is 9.59 Å². The molecule has 0 atom stereocenters. The molecule has 2 heterocycles. The highest BCUT2D eigenvalue weighted by atomic mass is 16.2. The van der Waals surface area contributed by atoms with Crippen LogP contribution in [0.4, 0.5) is 5.82 Å². The molecule has 0 radical (unpaired) electrons. The van der Waals surface area contributed by atoms with Gasteiger partial charge in [-0.1, -0.05) is 18.2 Å². The summed E-state index contributed by atoms with van der Waals surface area (Å²) in [6.07, 6.45) is 1.56. The Kier molecular flexibility index (Phi) is 5.23. The van der Waals surface area contributed by atoms with Gasteiger partial charge in [0.1, 0.15) is 12.1 Å². The van der Waals surface area contributed by atoms with E-state index in [2.05, 4.69) is 20.2 Å². The molecule has 0 unspecified atom stereocenters. The zero-order chi connectivity index (χ0) is 17.6. The van der Waals surface area contributed by atoms with Gasteiger partial charge < -0.3 is 15.1 Å². The normalized spacial score (nSPS) is 14.3. The Morgan fingerprint density at radius 2 is 1.80 bits per heavy atom. The molecule has 3 rings (SSSR count). The molecular weight excluding hydrogens is 318 g/mol. The number of amides is 2. The first-order valence-electron chi connectivity index (χ1n) is 8.28. The van der Waals surface area contributed by atoms with Crippen LogP contribution in [0.1, 0.15) is 16.1 Å². The fraction of sp³-hybridized carbons (Fsp3) is 0.333. The van der Waals surface area contributed by atoms with Gasteiger partial charge in [0.05, 0.1) is 6.54 Å². The van der Waals surface area contributed by atoms with E-state index in [0.29, 0.717) is 18.7 Å². The summed E-state index contributed by atoms with van der Waals surface area (Å²) in [5, 5.41) is 2.68. The van der Waals surface area contributed by atoms with Gasteiger partial charge in [-0.05, 0) is 19.1 Å². The number of benzene rings is 1. The average molecular weight is 339 g/mol. The van der Waals surface area contributed by atoms with Crippen molar-refractivity contribution < 1.29 is 9.59 Å². The van der Waals surface area contributed by atoms with Gasteiger partial charge in [0.15, 0.2) is 0 Å². The average Bonchev–Trinajstić information content (AvgIpc) is 2.66. The van der Waals surface area contributed by atoms with Crippen molar-refractivity contribution in [2.24, 2.45) is 0 Å². The monoisotopic (exact) mass is 339 g/mol. The Morgan fingerprint density at radius 1 is 1.08 bits per heavy atom. The van der Waals surface area contributed by atoms with Crippen molar-refractivity contribution in [2.75, 3.05) is 37.6 Å². The number of nitrogens with one attached hydrogen (secondary N) is 1. The van der Waals surface area contributed by atoms with E-state index in [1.165, 1.54) is 0 Å². The molecule has 1 aromatic heterocycles. The molecule has 0 saturated carbocycles. The molecule has 1 aromatic carbocycles. The number of aryl methyl sites for hydroxylation is 1. The second kappa shape index (κ2) is 7.74. The second-order valence-electron chi connectivity index (χ2n) is 5.93. The smallest absolute Gasteiger partial charge is 0.251 e. The lowest BCUT2D eigenvalue weighted by atomic mass is 10.2. The maximum Gasteiger partial charge on any atom is 0.251 e. The number of anilines is 1. The highest BCUT2D eigenvalue weighted by Gasteiger charge is 2.22. The van der Waals surface area contributed by atoms with Crippen LogP contribution in [-0.4, -0.2) is 59.4 Å². The predicted octanol–water partition coefficient (Wildman–Crippen LogP) is 0.864. The van der Waals surface area contributed by atoms with E-state index in [1.807, 2.05) is 19.1 Å². The van der Waals surface area contributed by atoms with Gasteiger partial charge in [0, 0.05) is 43.5 Å². The van der Waals surface area contributed by atoms with E-state index in [-0.39, 0.29) is 18.4 Å². The summed E-state index contributed by atoms with van der Waals surface area (Å²) in [5.74, 6) is 0.587. The van der Waals surface area contributed by atoms with Gasteiger partial charge in [-0.3, -0.25) is 9.59 Å². The van der Waals surface area contributed by atoms with Crippen molar-refractivity contribution in [3.8, 4) is 0 Å². The van der Waals surface area contributed by atoms with Crippen LogP contribution in [0, 0.1) is 6.92 Å². The molecule has 1 N–H and O–H groups in total. The Morgan fingerprint density at radius 3 is 2.48 bits per heavy atom. The van der Waals surface area contributed by atoms with Gasteiger partial charge in [0.2, 0.25) is 5.91 Å². The number of carbonyl (C=O) groups is 2. The van der Waals surface area contributed by atoms with Crippen LogP contribution in [0.3, 0.4) is 0 Å². The lowest BCUT2D eigenvalue weighted by Crippen LogP contribution is -2.51. The second-order valence-corrected chi connectivity index (χ2v) is 5.93. The van der Waals surface area contributed by atoms with E-state index in [4.69, 9.17) is 0 Å². The molecule has 1 aliphatic rings. The Bertz CT molecular complexity index is 742. The topological polar surface area (TPSA) is 78.4 Å². The zero-order valence-corrected chi connectivity index (χ0v) is 14.2. The van der Waals surface area contributed by atoms with E-state index in [0.717, 1.165) is 24.6 Å². The van der Waals surface area contributed by atoms with Gasteiger partial charge in [-0.15, -0.1) is 0 Å². The third kappa shape index (κ3) is 4.32. The molecule has 7 heteroatoms. The highest BCUT2D eigenvalue weighted by molar-refractivity contribution is 5.96. The van der Waals surface area contributed by atoms with Crippen LogP contribution in [0.5, 0.6) is 0 Å². The van der Waals surface area contributed by atoms with Crippen LogP contribution in [-0.2, 0) is 4.79 Å². The minimum absolute atomic E-state index is 0.0142. The first-order valence-corrected chi connectivity index (χ1v) is 8.28. The summed E-state index contributed by atoms with van der Waals surface area (Å²) >= 11 is 0. The molecule has 1 fully saturated rings. The third-order valence-electron chi connectivity index (χ3n) is 4.18. The Balaban J connectivity index is 1.48. The number of piperazine rings is 1. The Labute approximate surface area is 146 Å². The molecule has 0 bridgehead atoms. The van der Waals surface area contributed by atoms with Gasteiger partial charge >= 0.3 is 0 Å². The Hall–Kier alpha value is -2.96. The van der Waals surface area contributed by atoms with E-state index in [1.54, 1.807) is 35.5 Å². The molecule has 0 spiro atoms. The molecule has 2 amide bonds. The van der Waals surface area contributed by atoms with Crippen molar-refractivity contribution in [1.29, 1.82) is 0 Å². The molecule has 1 saturated heterocycles. The summed E-state index contributed by atoms with van der Waals surface area (Å²) in [6, 6.07) is 10.8. The largest absolute Gasteiger partial charge is 0.353 e. The lowest BCUT2D eigenvalue weighted by molar-refractivity contribution is -0.130. The van der Waals surface area contributed by atoms with Crippen molar-refractivity contribution in [2.45, 2.75) is 6.92 Å². The number of hydrogen-bond donors (Lipinski definition) is 1. The maximum absolute atomic E-state index is 12.3. The summed E-state index contributed by atoms with van der Waals surface area (Å²) in [4.78, 5) is 36.6. The summed E-state index contributed by atoms with van der Waals surface area (Å²) < 4.78 is 0. The van der Waals surface area contributed by atoms with Crippen LogP contribution in [0.25, 0.3) is 0 Å². The maximum atomic E-state index is 12.3. The van der Waals surface area contributed by atoms with Crippen LogP contribution < -0.4 is 10.2 Å². The number of rotatable bonds is 4. The molecule has 25 heavy (non-hydrogen) atoms. The first kappa shape index (κ1) is 16.9. The SMILES string of the molecule is Cc1cc(N2CCN(C(=O)CNC(=O)c3ccccc3)CC2)ncn1. The number of aromatic nitrogens is 2. The summed E-state index contributed by atoms with van der Waals surface area (Å²) in [5.41, 5.74) is 1.48.